The van der Waals surface area contributed by atoms with E-state index < -0.39 is 4.92 Å². The van der Waals surface area contributed by atoms with Gasteiger partial charge in [-0.15, -0.1) is 0 Å². The van der Waals surface area contributed by atoms with Gasteiger partial charge in [0.25, 0.3) is 0 Å². The molecule has 0 N–H and O–H groups in total. The number of ether oxygens (including phenoxy) is 2. The van der Waals surface area contributed by atoms with Crippen LogP contribution in [0.5, 0.6) is 17.2 Å². The molecule has 2 rings (SSSR count). The number of rotatable bonds is 4. The second-order valence-electron chi connectivity index (χ2n) is 3.83. The quantitative estimate of drug-likeness (QED) is 0.628. The first-order chi connectivity index (χ1) is 9.63. The molecule has 0 aromatic heterocycles. The van der Waals surface area contributed by atoms with Crippen LogP contribution in [0.4, 0.5) is 5.69 Å². The maximum atomic E-state index is 11.0. The summed E-state index contributed by atoms with van der Waals surface area (Å²) in [6, 6.07) is 12.6. The van der Waals surface area contributed by atoms with Crippen LogP contribution in [-0.2, 0) is 0 Å². The summed E-state index contributed by atoms with van der Waals surface area (Å²) < 4.78 is 10.5. The fourth-order valence-electron chi connectivity index (χ4n) is 1.61. The van der Waals surface area contributed by atoms with Crippen molar-refractivity contribution < 1.29 is 14.4 Å². The van der Waals surface area contributed by atoms with Gasteiger partial charge in [-0.05, 0) is 24.3 Å². The summed E-state index contributed by atoms with van der Waals surface area (Å²) in [6.45, 7) is 0. The molecule has 0 unspecified atom stereocenters. The Balaban J connectivity index is 2.40. The van der Waals surface area contributed by atoms with Crippen molar-refractivity contribution in [1.29, 1.82) is 5.26 Å². The normalized spacial score (nSPS) is 9.60. The third kappa shape index (κ3) is 2.84. The summed E-state index contributed by atoms with van der Waals surface area (Å²) in [4.78, 5) is 10.4. The van der Waals surface area contributed by atoms with E-state index in [9.17, 15) is 10.1 Å². The lowest BCUT2D eigenvalue weighted by atomic mass is 10.2. The van der Waals surface area contributed by atoms with Gasteiger partial charge in [-0.25, -0.2) is 0 Å². The molecular formula is C14H10N2O4. The van der Waals surface area contributed by atoms with E-state index in [0.29, 0.717) is 17.1 Å². The molecule has 0 spiro atoms. The van der Waals surface area contributed by atoms with E-state index in [1.54, 1.807) is 18.2 Å². The minimum atomic E-state index is -0.539. The number of nitro groups is 1. The third-order valence-electron chi connectivity index (χ3n) is 2.55. The van der Waals surface area contributed by atoms with E-state index in [1.165, 1.54) is 31.4 Å². The van der Waals surface area contributed by atoms with Gasteiger partial charge in [-0.2, -0.15) is 5.26 Å². The van der Waals surface area contributed by atoms with Gasteiger partial charge in [-0.3, -0.25) is 10.1 Å². The van der Waals surface area contributed by atoms with Crippen LogP contribution in [0.25, 0.3) is 0 Å². The summed E-state index contributed by atoms with van der Waals surface area (Å²) in [5.41, 5.74) is 0.237. The van der Waals surface area contributed by atoms with E-state index >= 15 is 0 Å². The molecule has 6 heteroatoms. The molecule has 0 amide bonds. The fourth-order valence-corrected chi connectivity index (χ4v) is 1.61. The summed E-state index contributed by atoms with van der Waals surface area (Å²) in [6.07, 6.45) is 0. The lowest BCUT2D eigenvalue weighted by Crippen LogP contribution is -1.94. The average Bonchev–Trinajstić information content (AvgIpc) is 2.47. The predicted octanol–water partition coefficient (Wildman–Crippen LogP) is 3.27. The largest absolute Gasteiger partial charge is 0.497 e. The standard InChI is InChI=1S/C14H10N2O4/c1-19-11-5-6-13(16(17)18)14(8-11)20-12-4-2-3-10(7-12)9-15/h2-8H,1H3. The summed E-state index contributed by atoms with van der Waals surface area (Å²) in [5, 5.41) is 19.8. The van der Waals surface area contributed by atoms with Crippen molar-refractivity contribution in [3.05, 3.63) is 58.1 Å². The number of nitriles is 1. The highest BCUT2D eigenvalue weighted by molar-refractivity contribution is 5.52. The Bertz CT molecular complexity index is 692. The summed E-state index contributed by atoms with van der Waals surface area (Å²) in [7, 11) is 1.46. The van der Waals surface area contributed by atoms with E-state index in [2.05, 4.69) is 0 Å². The molecule has 0 bridgehead atoms. The van der Waals surface area contributed by atoms with Crippen LogP contribution in [-0.4, -0.2) is 12.0 Å². The topological polar surface area (TPSA) is 85.4 Å². The van der Waals surface area contributed by atoms with Crippen LogP contribution in [0.1, 0.15) is 5.56 Å². The molecule has 0 aliphatic rings. The highest BCUT2D eigenvalue weighted by Crippen LogP contribution is 2.34. The monoisotopic (exact) mass is 270 g/mol. The van der Waals surface area contributed by atoms with Gasteiger partial charge < -0.3 is 9.47 Å². The summed E-state index contributed by atoms with van der Waals surface area (Å²) in [5.74, 6) is 0.854. The van der Waals surface area contributed by atoms with Crippen molar-refractivity contribution in [2.45, 2.75) is 0 Å². The van der Waals surface area contributed by atoms with Crippen molar-refractivity contribution in [3.8, 4) is 23.3 Å². The zero-order chi connectivity index (χ0) is 14.5. The van der Waals surface area contributed by atoms with Crippen molar-refractivity contribution in [1.82, 2.24) is 0 Å². The van der Waals surface area contributed by atoms with Gasteiger partial charge in [0, 0.05) is 12.1 Å². The molecular weight excluding hydrogens is 260 g/mol. The van der Waals surface area contributed by atoms with Gasteiger partial charge in [0.1, 0.15) is 11.5 Å². The Labute approximate surface area is 114 Å². The molecule has 0 atom stereocenters. The smallest absolute Gasteiger partial charge is 0.311 e. The molecule has 0 heterocycles. The number of hydrogen-bond acceptors (Lipinski definition) is 5. The molecule has 0 fully saturated rings. The maximum absolute atomic E-state index is 11.0. The minimum absolute atomic E-state index is 0.0597. The average molecular weight is 270 g/mol. The lowest BCUT2D eigenvalue weighted by Gasteiger charge is -2.08. The van der Waals surface area contributed by atoms with Crippen molar-refractivity contribution in [3.63, 3.8) is 0 Å². The second-order valence-corrected chi connectivity index (χ2v) is 3.83. The zero-order valence-corrected chi connectivity index (χ0v) is 10.6. The molecule has 0 aliphatic carbocycles. The SMILES string of the molecule is COc1ccc([N+](=O)[O-])c(Oc2cccc(C#N)c2)c1. The molecule has 6 nitrogen and oxygen atoms in total. The van der Waals surface area contributed by atoms with Crippen LogP contribution < -0.4 is 9.47 Å². The number of benzene rings is 2. The first-order valence-electron chi connectivity index (χ1n) is 5.64. The molecule has 20 heavy (non-hydrogen) atoms. The molecule has 2 aromatic rings. The van der Waals surface area contributed by atoms with Crippen molar-refractivity contribution in [2.24, 2.45) is 0 Å². The number of methoxy groups -OCH3 is 1. The van der Waals surface area contributed by atoms with Gasteiger partial charge in [0.2, 0.25) is 5.75 Å². The van der Waals surface area contributed by atoms with E-state index in [0.717, 1.165) is 0 Å². The van der Waals surface area contributed by atoms with E-state index in [1.807, 2.05) is 6.07 Å². The van der Waals surface area contributed by atoms with Crippen molar-refractivity contribution in [2.75, 3.05) is 7.11 Å². The van der Waals surface area contributed by atoms with Crippen LogP contribution in [0.15, 0.2) is 42.5 Å². The van der Waals surface area contributed by atoms with Crippen LogP contribution in [0, 0.1) is 21.4 Å². The third-order valence-corrected chi connectivity index (χ3v) is 2.55. The van der Waals surface area contributed by atoms with Crippen LogP contribution in [0.2, 0.25) is 0 Å². The molecule has 0 aliphatic heterocycles. The van der Waals surface area contributed by atoms with Gasteiger partial charge in [0.15, 0.2) is 0 Å². The van der Waals surface area contributed by atoms with Crippen LogP contribution in [0.3, 0.4) is 0 Å². The number of nitro benzene ring substituents is 1. The van der Waals surface area contributed by atoms with Crippen molar-refractivity contribution >= 4 is 5.69 Å². The van der Waals surface area contributed by atoms with Gasteiger partial charge in [0.05, 0.1) is 23.7 Å². The molecule has 0 saturated heterocycles. The fraction of sp³-hybridized carbons (Fsp3) is 0.0714. The highest BCUT2D eigenvalue weighted by Gasteiger charge is 2.17. The zero-order valence-electron chi connectivity index (χ0n) is 10.6. The highest BCUT2D eigenvalue weighted by atomic mass is 16.6. The van der Waals surface area contributed by atoms with E-state index in [-0.39, 0.29) is 11.4 Å². The Hall–Kier alpha value is -3.07. The van der Waals surface area contributed by atoms with Gasteiger partial charge >= 0.3 is 5.69 Å². The van der Waals surface area contributed by atoms with E-state index in [4.69, 9.17) is 14.7 Å². The maximum Gasteiger partial charge on any atom is 0.311 e. The summed E-state index contributed by atoms with van der Waals surface area (Å²) >= 11 is 0. The number of hydrogen-bond donors (Lipinski definition) is 0. The Morgan fingerprint density at radius 2 is 2.00 bits per heavy atom. The predicted molar refractivity (Wildman–Crippen MR) is 70.9 cm³/mol. The Morgan fingerprint density at radius 1 is 1.20 bits per heavy atom. The lowest BCUT2D eigenvalue weighted by molar-refractivity contribution is -0.385. The second kappa shape index (κ2) is 5.71. The molecule has 0 saturated carbocycles. The molecule has 0 radical (unpaired) electrons. The van der Waals surface area contributed by atoms with Crippen LogP contribution >= 0.6 is 0 Å². The Kier molecular flexibility index (Phi) is 3.82. The first-order valence-corrected chi connectivity index (χ1v) is 5.64. The number of nitrogens with zero attached hydrogens (tertiary/aromatic N) is 2. The minimum Gasteiger partial charge on any atom is -0.497 e. The first kappa shape index (κ1) is 13.4. The Morgan fingerprint density at radius 3 is 2.65 bits per heavy atom. The molecule has 100 valence electrons. The van der Waals surface area contributed by atoms with Gasteiger partial charge in [-0.1, -0.05) is 6.07 Å². The molecule has 2 aromatic carbocycles.